The van der Waals surface area contributed by atoms with Gasteiger partial charge in [0, 0.05) is 44.5 Å². The number of rotatable bonds is 9. The van der Waals surface area contributed by atoms with Gasteiger partial charge in [0.1, 0.15) is 0 Å². The molecule has 0 bridgehead atoms. The molecular formula is C63H41N5. The van der Waals surface area contributed by atoms with Crippen molar-refractivity contribution in [2.75, 3.05) is 0 Å². The second kappa shape index (κ2) is 17.7. The Morgan fingerprint density at radius 1 is 0.162 bits per heavy atom. The lowest BCUT2D eigenvalue weighted by Gasteiger charge is -2.15. The van der Waals surface area contributed by atoms with Crippen LogP contribution in [0, 0.1) is 0 Å². The van der Waals surface area contributed by atoms with E-state index in [1.807, 2.05) is 42.5 Å². The third kappa shape index (κ3) is 8.21. The predicted octanol–water partition coefficient (Wildman–Crippen LogP) is 16.0. The fourth-order valence-electron chi connectivity index (χ4n) is 8.92. The summed E-state index contributed by atoms with van der Waals surface area (Å²) in [7, 11) is 0. The van der Waals surface area contributed by atoms with E-state index in [1.54, 1.807) is 0 Å². The van der Waals surface area contributed by atoms with Gasteiger partial charge in [-0.3, -0.25) is 0 Å². The summed E-state index contributed by atoms with van der Waals surface area (Å²) in [6.07, 6.45) is 0. The largest absolute Gasteiger partial charge is 0.248 e. The van der Waals surface area contributed by atoms with Gasteiger partial charge in [0.15, 0.2) is 11.6 Å². The minimum absolute atomic E-state index is 0.640. The van der Waals surface area contributed by atoms with E-state index in [0.717, 1.165) is 111 Å². The predicted molar refractivity (Wildman–Crippen MR) is 279 cm³/mol. The molecule has 0 spiro atoms. The van der Waals surface area contributed by atoms with Gasteiger partial charge in [-0.15, -0.1) is 0 Å². The molecule has 12 rings (SSSR count). The van der Waals surface area contributed by atoms with Gasteiger partial charge in [-0.2, -0.15) is 0 Å². The highest BCUT2D eigenvalue weighted by Gasteiger charge is 2.18. The zero-order valence-corrected chi connectivity index (χ0v) is 36.9. The zero-order valence-electron chi connectivity index (χ0n) is 36.9. The Bertz CT molecular complexity index is 3540. The van der Waals surface area contributed by atoms with Gasteiger partial charge in [0.05, 0.1) is 34.2 Å². The summed E-state index contributed by atoms with van der Waals surface area (Å²) in [5, 5.41) is 4.58. The van der Waals surface area contributed by atoms with Crippen molar-refractivity contribution in [1.29, 1.82) is 0 Å². The molecule has 0 N–H and O–H groups in total. The number of benzene rings is 9. The normalized spacial score (nSPS) is 11.2. The Morgan fingerprint density at radius 3 is 0.868 bits per heavy atom. The summed E-state index contributed by atoms with van der Waals surface area (Å²) in [6, 6.07) is 86.4. The fourth-order valence-corrected chi connectivity index (χ4v) is 8.92. The molecule has 3 heterocycles. The molecule has 0 unspecified atom stereocenters. The van der Waals surface area contributed by atoms with E-state index in [9.17, 15) is 0 Å². The quantitative estimate of drug-likeness (QED) is 0.145. The summed E-state index contributed by atoms with van der Waals surface area (Å²) < 4.78 is 0. The van der Waals surface area contributed by atoms with Crippen molar-refractivity contribution in [3.05, 3.63) is 249 Å². The third-order valence-electron chi connectivity index (χ3n) is 12.4. The Morgan fingerprint density at radius 2 is 0.471 bits per heavy atom. The second-order valence-corrected chi connectivity index (χ2v) is 16.9. The molecule has 0 saturated carbocycles. The minimum Gasteiger partial charge on any atom is -0.248 e. The van der Waals surface area contributed by atoms with E-state index in [2.05, 4.69) is 206 Å². The van der Waals surface area contributed by atoms with Gasteiger partial charge >= 0.3 is 0 Å². The van der Waals surface area contributed by atoms with Crippen LogP contribution in [0.3, 0.4) is 0 Å². The lowest BCUT2D eigenvalue weighted by molar-refractivity contribution is 1.18. The van der Waals surface area contributed by atoms with Crippen LogP contribution in [0.4, 0.5) is 0 Å². The Kier molecular flexibility index (Phi) is 10.5. The average Bonchev–Trinajstić information content (AvgIpc) is 3.43. The van der Waals surface area contributed by atoms with Gasteiger partial charge in [-0.05, 0) is 87.3 Å². The maximum atomic E-state index is 5.42. The minimum atomic E-state index is 0.640. The van der Waals surface area contributed by atoms with E-state index in [0.29, 0.717) is 11.6 Å². The van der Waals surface area contributed by atoms with Crippen molar-refractivity contribution in [3.63, 3.8) is 0 Å². The SMILES string of the molecule is c1ccc(-c2cc(-c3ccccc3)nc(-c3cc(-c4cc(-c5ccccc5)nc(-c5ccc6ccccc6c5)n4)cc(-c4cc(-c5ccccc5)nc(-c5ccc6ccccc6c5)n4)c3)c2)cc1. The van der Waals surface area contributed by atoms with Crippen LogP contribution in [0.25, 0.3) is 123 Å². The summed E-state index contributed by atoms with van der Waals surface area (Å²) in [5.41, 5.74) is 14.7. The van der Waals surface area contributed by atoms with Crippen LogP contribution in [-0.2, 0) is 0 Å². The Balaban J connectivity index is 1.12. The molecule has 0 saturated heterocycles. The Hall–Kier alpha value is -9.19. The van der Waals surface area contributed by atoms with Crippen LogP contribution in [-0.4, -0.2) is 24.9 Å². The molecule has 3 aromatic heterocycles. The van der Waals surface area contributed by atoms with Gasteiger partial charge in [0.2, 0.25) is 0 Å². The fraction of sp³-hybridized carbons (Fsp3) is 0. The topological polar surface area (TPSA) is 64.5 Å². The summed E-state index contributed by atoms with van der Waals surface area (Å²) >= 11 is 0. The highest BCUT2D eigenvalue weighted by molar-refractivity contribution is 5.89. The number of pyridine rings is 1. The number of hydrogen-bond acceptors (Lipinski definition) is 5. The van der Waals surface area contributed by atoms with Gasteiger partial charge in [0.25, 0.3) is 0 Å². The van der Waals surface area contributed by atoms with Crippen LogP contribution in [0.15, 0.2) is 249 Å². The van der Waals surface area contributed by atoms with E-state index in [-0.39, 0.29) is 0 Å². The molecule has 0 amide bonds. The number of fused-ring (bicyclic) bond motifs is 2. The molecule has 0 atom stereocenters. The van der Waals surface area contributed by atoms with Crippen molar-refractivity contribution >= 4 is 21.5 Å². The average molecular weight is 868 g/mol. The van der Waals surface area contributed by atoms with Crippen LogP contribution >= 0.6 is 0 Å². The van der Waals surface area contributed by atoms with E-state index in [1.165, 1.54) is 0 Å². The molecule has 68 heavy (non-hydrogen) atoms. The van der Waals surface area contributed by atoms with Crippen molar-refractivity contribution in [3.8, 4) is 101 Å². The van der Waals surface area contributed by atoms with Crippen LogP contribution < -0.4 is 0 Å². The maximum absolute atomic E-state index is 5.42. The second-order valence-electron chi connectivity index (χ2n) is 16.9. The first kappa shape index (κ1) is 40.3. The van der Waals surface area contributed by atoms with Crippen LogP contribution in [0.2, 0.25) is 0 Å². The first-order chi connectivity index (χ1) is 33.6. The summed E-state index contributed by atoms with van der Waals surface area (Å²) in [4.78, 5) is 26.7. The van der Waals surface area contributed by atoms with E-state index >= 15 is 0 Å². The lowest BCUT2D eigenvalue weighted by Crippen LogP contribution is -1.99. The molecule has 0 aliphatic heterocycles. The van der Waals surface area contributed by atoms with Crippen LogP contribution in [0.1, 0.15) is 0 Å². The van der Waals surface area contributed by atoms with Gasteiger partial charge < -0.3 is 0 Å². The first-order valence-electron chi connectivity index (χ1n) is 22.8. The van der Waals surface area contributed by atoms with Crippen molar-refractivity contribution in [2.45, 2.75) is 0 Å². The molecule has 5 heteroatoms. The molecule has 0 aliphatic carbocycles. The van der Waals surface area contributed by atoms with Gasteiger partial charge in [-0.1, -0.05) is 194 Å². The monoisotopic (exact) mass is 867 g/mol. The molecular weight excluding hydrogens is 827 g/mol. The lowest BCUT2D eigenvalue weighted by atomic mass is 9.95. The zero-order chi connectivity index (χ0) is 45.2. The molecule has 0 fully saturated rings. The first-order valence-corrected chi connectivity index (χ1v) is 22.8. The van der Waals surface area contributed by atoms with Crippen LogP contribution in [0.5, 0.6) is 0 Å². The molecule has 9 aromatic carbocycles. The smallest absolute Gasteiger partial charge is 0.160 e. The summed E-state index contributed by atoms with van der Waals surface area (Å²) in [5.74, 6) is 1.28. The molecule has 5 nitrogen and oxygen atoms in total. The van der Waals surface area contributed by atoms with E-state index in [4.69, 9.17) is 24.9 Å². The molecule has 0 radical (unpaired) electrons. The number of aromatic nitrogens is 5. The standard InChI is InChI=1S/C63H41N5/c1-5-17-42(18-6-1)52-38-56(45-21-7-2-8-22-45)64-57(39-52)53-35-54(60-40-58(46-23-9-3-10-24-46)65-62(67-60)50-31-29-43-19-13-15-27-48(43)33-50)37-55(36-53)61-41-59(47-25-11-4-12-26-47)66-63(68-61)51-32-30-44-20-14-16-28-49(44)34-51/h1-41H. The van der Waals surface area contributed by atoms with E-state index < -0.39 is 0 Å². The number of nitrogens with zero attached hydrogens (tertiary/aromatic N) is 5. The summed E-state index contributed by atoms with van der Waals surface area (Å²) in [6.45, 7) is 0. The maximum Gasteiger partial charge on any atom is 0.160 e. The molecule has 0 aliphatic rings. The highest BCUT2D eigenvalue weighted by atomic mass is 14.9. The van der Waals surface area contributed by atoms with Crippen molar-refractivity contribution < 1.29 is 0 Å². The Labute approximate surface area is 394 Å². The van der Waals surface area contributed by atoms with Crippen molar-refractivity contribution in [2.24, 2.45) is 0 Å². The molecule has 318 valence electrons. The van der Waals surface area contributed by atoms with Crippen molar-refractivity contribution in [1.82, 2.24) is 24.9 Å². The van der Waals surface area contributed by atoms with Gasteiger partial charge in [-0.25, -0.2) is 24.9 Å². The third-order valence-corrected chi connectivity index (χ3v) is 12.4. The molecule has 12 aromatic rings. The number of hydrogen-bond donors (Lipinski definition) is 0. The highest BCUT2D eigenvalue weighted by Crippen LogP contribution is 2.38.